The van der Waals surface area contributed by atoms with Gasteiger partial charge in [-0.05, 0) is 67.6 Å². The lowest BCUT2D eigenvalue weighted by molar-refractivity contribution is 0.0755. The first kappa shape index (κ1) is 30.3. The maximum absolute atomic E-state index is 13.9. The van der Waals surface area contributed by atoms with Gasteiger partial charge in [-0.3, -0.25) is 14.6 Å². The average Bonchev–Trinajstić information content (AvgIpc) is 3.40. The van der Waals surface area contributed by atoms with Gasteiger partial charge in [0, 0.05) is 54.4 Å². The standard InChI is InChI=1S/C29H36F2N4O3S/c1-4-6-35(7-5-2)29(38)22-9-19(3)8-21(13-22)28(37)34-26(12-20-10-23(30)14-24(31)11-20)27(36)17-32-15-25-16-33-18-39-25/h8-11,13-14,16,18,26-27,32,36H,4-7,12,15,17H2,1-3H3,(H,34,37)/t26-,27+/m0/s1. The minimum absolute atomic E-state index is 0.00219. The van der Waals surface area contributed by atoms with Crippen LogP contribution < -0.4 is 10.6 Å². The first-order chi connectivity index (χ1) is 18.7. The van der Waals surface area contributed by atoms with E-state index < -0.39 is 29.7 Å². The van der Waals surface area contributed by atoms with Crippen molar-refractivity contribution in [2.24, 2.45) is 0 Å². The lowest BCUT2D eigenvalue weighted by Gasteiger charge is -2.25. The Morgan fingerprint density at radius 3 is 2.31 bits per heavy atom. The summed E-state index contributed by atoms with van der Waals surface area (Å²) in [5, 5.41) is 16.9. The van der Waals surface area contributed by atoms with Gasteiger partial charge in [-0.2, -0.15) is 0 Å². The molecule has 10 heteroatoms. The Kier molecular flexibility index (Phi) is 11.5. The zero-order chi connectivity index (χ0) is 28.4. The summed E-state index contributed by atoms with van der Waals surface area (Å²) in [7, 11) is 0. The quantitative estimate of drug-likeness (QED) is 0.271. The zero-order valence-electron chi connectivity index (χ0n) is 22.5. The van der Waals surface area contributed by atoms with E-state index in [-0.39, 0.29) is 24.4 Å². The highest BCUT2D eigenvalue weighted by molar-refractivity contribution is 7.09. The van der Waals surface area contributed by atoms with Crippen LogP contribution in [0.25, 0.3) is 0 Å². The van der Waals surface area contributed by atoms with Gasteiger partial charge in [0.1, 0.15) is 11.6 Å². The van der Waals surface area contributed by atoms with Crippen molar-refractivity contribution in [1.29, 1.82) is 0 Å². The fourth-order valence-corrected chi connectivity index (χ4v) is 4.97. The number of amides is 2. The Morgan fingerprint density at radius 2 is 1.69 bits per heavy atom. The zero-order valence-corrected chi connectivity index (χ0v) is 23.4. The van der Waals surface area contributed by atoms with Crippen molar-refractivity contribution in [3.05, 3.63) is 86.9 Å². The molecule has 3 N–H and O–H groups in total. The molecule has 0 aliphatic rings. The van der Waals surface area contributed by atoms with E-state index in [2.05, 4.69) is 15.6 Å². The van der Waals surface area contributed by atoms with Crippen LogP contribution in [0.15, 0.2) is 48.1 Å². The van der Waals surface area contributed by atoms with Crippen LogP contribution >= 0.6 is 11.3 Å². The van der Waals surface area contributed by atoms with Crippen molar-refractivity contribution in [3.63, 3.8) is 0 Å². The third-order valence-electron chi connectivity index (χ3n) is 6.16. The molecule has 7 nitrogen and oxygen atoms in total. The molecule has 3 aromatic rings. The number of carbonyl (C=O) groups is 2. The fourth-order valence-electron chi connectivity index (χ4n) is 4.41. The molecule has 0 unspecified atom stereocenters. The molecule has 0 spiro atoms. The van der Waals surface area contributed by atoms with Crippen molar-refractivity contribution >= 4 is 23.2 Å². The maximum atomic E-state index is 13.9. The molecular weight excluding hydrogens is 522 g/mol. The van der Waals surface area contributed by atoms with Crippen LogP contribution in [0.1, 0.15) is 63.4 Å². The van der Waals surface area contributed by atoms with E-state index in [0.29, 0.717) is 30.8 Å². The number of nitrogens with one attached hydrogen (secondary N) is 2. The van der Waals surface area contributed by atoms with Crippen molar-refractivity contribution in [2.75, 3.05) is 19.6 Å². The lowest BCUT2D eigenvalue weighted by Crippen LogP contribution is -2.48. The molecule has 1 aromatic heterocycles. The van der Waals surface area contributed by atoms with E-state index in [0.717, 1.165) is 29.3 Å². The number of hydrogen-bond acceptors (Lipinski definition) is 6. The molecule has 0 radical (unpaired) electrons. The van der Waals surface area contributed by atoms with E-state index in [1.807, 2.05) is 20.8 Å². The average molecular weight is 559 g/mol. The first-order valence-corrected chi connectivity index (χ1v) is 14.0. The van der Waals surface area contributed by atoms with Crippen LogP contribution in [0.3, 0.4) is 0 Å². The Hall–Kier alpha value is -3.21. The van der Waals surface area contributed by atoms with Crippen LogP contribution in [0.2, 0.25) is 0 Å². The molecule has 0 aliphatic heterocycles. The second kappa shape index (κ2) is 14.8. The van der Waals surface area contributed by atoms with Gasteiger partial charge in [-0.25, -0.2) is 8.78 Å². The highest BCUT2D eigenvalue weighted by atomic mass is 32.1. The molecule has 0 saturated carbocycles. The van der Waals surface area contributed by atoms with Gasteiger partial charge >= 0.3 is 0 Å². The summed E-state index contributed by atoms with van der Waals surface area (Å²) in [6.07, 6.45) is 2.30. The number of rotatable bonds is 14. The molecule has 0 bridgehead atoms. The third kappa shape index (κ3) is 9.19. The summed E-state index contributed by atoms with van der Waals surface area (Å²) >= 11 is 1.47. The molecule has 2 atom stereocenters. The number of hydrogen-bond donors (Lipinski definition) is 3. The summed E-state index contributed by atoms with van der Waals surface area (Å²) in [6.45, 7) is 7.67. The molecule has 0 saturated heterocycles. The smallest absolute Gasteiger partial charge is 0.253 e. The fraction of sp³-hybridized carbons (Fsp3) is 0.414. The molecule has 0 aliphatic carbocycles. The minimum atomic E-state index is -1.07. The number of carbonyl (C=O) groups excluding carboxylic acids is 2. The van der Waals surface area contributed by atoms with Gasteiger partial charge in [0.05, 0.1) is 17.7 Å². The molecule has 2 aromatic carbocycles. The molecule has 1 heterocycles. The Bertz CT molecular complexity index is 1210. The highest BCUT2D eigenvalue weighted by Gasteiger charge is 2.24. The van der Waals surface area contributed by atoms with Crippen molar-refractivity contribution in [3.8, 4) is 0 Å². The van der Waals surface area contributed by atoms with Crippen LogP contribution in [-0.4, -0.2) is 58.6 Å². The van der Waals surface area contributed by atoms with Crippen LogP contribution in [0.5, 0.6) is 0 Å². The number of aliphatic hydroxyl groups excluding tert-OH is 1. The lowest BCUT2D eigenvalue weighted by atomic mass is 9.99. The van der Waals surface area contributed by atoms with Crippen molar-refractivity contribution in [1.82, 2.24) is 20.5 Å². The largest absolute Gasteiger partial charge is 0.390 e. The van der Waals surface area contributed by atoms with E-state index >= 15 is 0 Å². The predicted octanol–water partition coefficient (Wildman–Crippen LogP) is 4.48. The Balaban J connectivity index is 1.80. The van der Waals surface area contributed by atoms with Crippen molar-refractivity contribution < 1.29 is 23.5 Å². The highest BCUT2D eigenvalue weighted by Crippen LogP contribution is 2.16. The van der Waals surface area contributed by atoms with E-state index in [1.165, 1.54) is 23.5 Å². The molecule has 3 rings (SSSR count). The van der Waals surface area contributed by atoms with Gasteiger partial charge < -0.3 is 20.6 Å². The number of nitrogens with zero attached hydrogens (tertiary/aromatic N) is 2. The minimum Gasteiger partial charge on any atom is -0.390 e. The first-order valence-electron chi connectivity index (χ1n) is 13.1. The summed E-state index contributed by atoms with van der Waals surface area (Å²) < 4.78 is 27.7. The predicted molar refractivity (Wildman–Crippen MR) is 149 cm³/mol. The van der Waals surface area contributed by atoms with Gasteiger partial charge in [0.2, 0.25) is 0 Å². The van der Waals surface area contributed by atoms with Gasteiger partial charge in [0.15, 0.2) is 0 Å². The number of aliphatic hydroxyl groups is 1. The van der Waals surface area contributed by atoms with E-state index in [4.69, 9.17) is 0 Å². The number of halogens is 2. The number of thiazole rings is 1. The normalized spacial score (nSPS) is 12.7. The summed E-state index contributed by atoms with van der Waals surface area (Å²) in [5.41, 5.74) is 3.44. The monoisotopic (exact) mass is 558 g/mol. The van der Waals surface area contributed by atoms with Crippen LogP contribution in [-0.2, 0) is 13.0 Å². The van der Waals surface area contributed by atoms with Crippen LogP contribution in [0.4, 0.5) is 8.78 Å². The molecule has 210 valence electrons. The summed E-state index contributed by atoms with van der Waals surface area (Å²) in [5.74, 6) is -2.11. The molecule has 39 heavy (non-hydrogen) atoms. The molecule has 2 amide bonds. The summed E-state index contributed by atoms with van der Waals surface area (Å²) in [6, 6.07) is 7.25. The molecule has 0 fully saturated rings. The van der Waals surface area contributed by atoms with Gasteiger partial charge in [-0.15, -0.1) is 11.3 Å². The molecular formula is C29H36F2N4O3S. The van der Waals surface area contributed by atoms with Crippen molar-refractivity contribution in [2.45, 2.75) is 58.7 Å². The SMILES string of the molecule is CCCN(CCC)C(=O)c1cc(C)cc(C(=O)N[C@@H](Cc2cc(F)cc(F)c2)[C@H](O)CNCc2cncs2)c1. The van der Waals surface area contributed by atoms with Gasteiger partial charge in [-0.1, -0.05) is 13.8 Å². The summed E-state index contributed by atoms with van der Waals surface area (Å²) in [4.78, 5) is 33.3. The number of aryl methyl sites for hydroxylation is 1. The number of aromatic nitrogens is 1. The topological polar surface area (TPSA) is 94.6 Å². The van der Waals surface area contributed by atoms with Gasteiger partial charge in [0.25, 0.3) is 11.8 Å². The van der Waals surface area contributed by atoms with E-state index in [9.17, 15) is 23.5 Å². The second-order valence-electron chi connectivity index (χ2n) is 9.61. The van der Waals surface area contributed by atoms with E-state index in [1.54, 1.807) is 34.8 Å². The Labute approximate surface area is 232 Å². The van der Waals surface area contributed by atoms with Crippen LogP contribution in [0, 0.1) is 18.6 Å². The Morgan fingerprint density at radius 1 is 1.03 bits per heavy atom. The maximum Gasteiger partial charge on any atom is 0.253 e. The third-order valence-corrected chi connectivity index (χ3v) is 6.94. The second-order valence-corrected chi connectivity index (χ2v) is 10.6. The number of benzene rings is 2.